The molecule has 1 saturated heterocycles. The topological polar surface area (TPSA) is 50.2 Å². The van der Waals surface area contributed by atoms with Crippen molar-refractivity contribution in [3.8, 4) is 5.69 Å². The molecular formula is C21H22N4O. The minimum atomic E-state index is -0.0661. The van der Waals surface area contributed by atoms with E-state index in [2.05, 4.69) is 21.3 Å². The lowest BCUT2D eigenvalue weighted by atomic mass is 10.2. The first-order valence-corrected chi connectivity index (χ1v) is 9.01. The quantitative estimate of drug-likeness (QED) is 0.770. The molecule has 0 atom stereocenters. The van der Waals surface area contributed by atoms with Crippen LogP contribution in [0.4, 0.5) is 5.82 Å². The molecule has 1 aromatic carbocycles. The van der Waals surface area contributed by atoms with Gasteiger partial charge in [-0.15, -0.1) is 0 Å². The molecule has 0 unspecified atom stereocenters. The van der Waals surface area contributed by atoms with Crippen LogP contribution in [0.5, 0.6) is 0 Å². The van der Waals surface area contributed by atoms with Crippen molar-refractivity contribution in [3.05, 3.63) is 78.2 Å². The first-order chi connectivity index (χ1) is 12.8. The van der Waals surface area contributed by atoms with E-state index in [-0.39, 0.29) is 5.91 Å². The van der Waals surface area contributed by atoms with Crippen LogP contribution >= 0.6 is 0 Å². The summed E-state index contributed by atoms with van der Waals surface area (Å²) in [4.78, 5) is 19.2. The Hall–Kier alpha value is -3.08. The third-order valence-electron chi connectivity index (χ3n) is 4.73. The van der Waals surface area contributed by atoms with E-state index in [1.54, 1.807) is 0 Å². The molecule has 1 aliphatic rings. The molecule has 0 bridgehead atoms. The van der Waals surface area contributed by atoms with Gasteiger partial charge in [0.1, 0.15) is 5.82 Å². The van der Waals surface area contributed by atoms with Crippen LogP contribution in [0.1, 0.15) is 28.8 Å². The maximum absolute atomic E-state index is 12.4. The zero-order valence-corrected chi connectivity index (χ0v) is 14.6. The summed E-state index contributed by atoms with van der Waals surface area (Å²) in [6.45, 7) is 2.63. The fourth-order valence-electron chi connectivity index (χ4n) is 3.27. The van der Waals surface area contributed by atoms with E-state index in [4.69, 9.17) is 0 Å². The van der Waals surface area contributed by atoms with E-state index >= 15 is 0 Å². The van der Waals surface area contributed by atoms with Crippen LogP contribution in [-0.4, -0.2) is 28.5 Å². The van der Waals surface area contributed by atoms with Gasteiger partial charge < -0.3 is 14.8 Å². The van der Waals surface area contributed by atoms with Crippen LogP contribution in [0.2, 0.25) is 0 Å². The van der Waals surface area contributed by atoms with Crippen molar-refractivity contribution >= 4 is 11.7 Å². The van der Waals surface area contributed by atoms with Crippen molar-refractivity contribution in [2.75, 3.05) is 18.0 Å². The van der Waals surface area contributed by atoms with E-state index in [0.717, 1.165) is 30.2 Å². The predicted molar refractivity (Wildman–Crippen MR) is 103 cm³/mol. The molecule has 5 nitrogen and oxygen atoms in total. The lowest BCUT2D eigenvalue weighted by Gasteiger charge is -2.17. The number of nitrogens with zero attached hydrogens (tertiary/aromatic N) is 3. The number of carbonyl (C=O) groups excluding carboxylic acids is 1. The molecule has 26 heavy (non-hydrogen) atoms. The molecule has 3 heterocycles. The fourth-order valence-corrected chi connectivity index (χ4v) is 3.27. The van der Waals surface area contributed by atoms with Gasteiger partial charge in [-0.1, -0.05) is 0 Å². The number of pyridine rings is 1. The van der Waals surface area contributed by atoms with Crippen molar-refractivity contribution in [1.29, 1.82) is 0 Å². The van der Waals surface area contributed by atoms with Crippen LogP contribution in [-0.2, 0) is 6.54 Å². The number of hydrogen-bond acceptors (Lipinski definition) is 3. The van der Waals surface area contributed by atoms with E-state index in [1.165, 1.54) is 12.8 Å². The minimum Gasteiger partial charge on any atom is -0.357 e. The summed E-state index contributed by atoms with van der Waals surface area (Å²) in [5.74, 6) is 0.939. The summed E-state index contributed by atoms with van der Waals surface area (Å²) in [6, 6.07) is 15.6. The third-order valence-corrected chi connectivity index (χ3v) is 4.73. The Morgan fingerprint density at radius 3 is 2.50 bits per heavy atom. The summed E-state index contributed by atoms with van der Waals surface area (Å²) in [5.41, 5.74) is 2.77. The van der Waals surface area contributed by atoms with Crippen LogP contribution in [0.25, 0.3) is 5.69 Å². The molecule has 4 rings (SSSR count). The van der Waals surface area contributed by atoms with Crippen LogP contribution in [0.15, 0.2) is 67.1 Å². The highest BCUT2D eigenvalue weighted by molar-refractivity contribution is 5.94. The van der Waals surface area contributed by atoms with Crippen molar-refractivity contribution in [2.45, 2.75) is 19.4 Å². The van der Waals surface area contributed by atoms with Crippen molar-refractivity contribution < 1.29 is 4.79 Å². The molecule has 0 spiro atoms. The Labute approximate surface area is 153 Å². The normalized spacial score (nSPS) is 13.8. The smallest absolute Gasteiger partial charge is 0.251 e. The van der Waals surface area contributed by atoms with E-state index in [0.29, 0.717) is 12.1 Å². The number of nitrogens with one attached hydrogen (secondary N) is 1. The fraction of sp³-hybridized carbons (Fsp3) is 0.238. The first kappa shape index (κ1) is 16.4. The Balaban J connectivity index is 1.38. The molecule has 0 aliphatic carbocycles. The molecule has 2 aromatic heterocycles. The second-order valence-corrected chi connectivity index (χ2v) is 6.54. The average Bonchev–Trinajstić information content (AvgIpc) is 3.40. The van der Waals surface area contributed by atoms with Crippen molar-refractivity contribution in [2.24, 2.45) is 0 Å². The van der Waals surface area contributed by atoms with Gasteiger partial charge in [0.15, 0.2) is 0 Å². The van der Waals surface area contributed by atoms with Gasteiger partial charge >= 0.3 is 0 Å². The van der Waals surface area contributed by atoms with E-state index < -0.39 is 0 Å². The van der Waals surface area contributed by atoms with Crippen molar-refractivity contribution in [1.82, 2.24) is 14.9 Å². The molecular weight excluding hydrogens is 324 g/mol. The number of rotatable bonds is 5. The van der Waals surface area contributed by atoms with Gasteiger partial charge in [0, 0.05) is 49.5 Å². The van der Waals surface area contributed by atoms with Gasteiger partial charge in [-0.2, -0.15) is 0 Å². The number of amides is 1. The standard InChI is InChI=1S/C21H22N4O/c26-21(18-5-7-19(8-6-18)24-11-1-2-12-24)23-16-17-9-10-22-20(15-17)25-13-3-4-14-25/h1-2,5-12,15H,3-4,13-14,16H2,(H,23,26). The maximum atomic E-state index is 12.4. The van der Waals surface area contributed by atoms with Gasteiger partial charge in [0.2, 0.25) is 0 Å². The van der Waals surface area contributed by atoms with Gasteiger partial charge in [0.25, 0.3) is 5.91 Å². The highest BCUT2D eigenvalue weighted by Crippen LogP contribution is 2.18. The van der Waals surface area contributed by atoms with Crippen LogP contribution < -0.4 is 10.2 Å². The van der Waals surface area contributed by atoms with Crippen LogP contribution in [0, 0.1) is 0 Å². The van der Waals surface area contributed by atoms with Gasteiger partial charge in [0.05, 0.1) is 0 Å². The maximum Gasteiger partial charge on any atom is 0.251 e. The molecule has 1 fully saturated rings. The van der Waals surface area contributed by atoms with Crippen LogP contribution in [0.3, 0.4) is 0 Å². The summed E-state index contributed by atoms with van der Waals surface area (Å²) >= 11 is 0. The third kappa shape index (κ3) is 3.61. The number of carbonyl (C=O) groups is 1. The van der Waals surface area contributed by atoms with E-state index in [9.17, 15) is 4.79 Å². The lowest BCUT2D eigenvalue weighted by Crippen LogP contribution is -2.23. The molecule has 1 N–H and O–H groups in total. The number of anilines is 1. The molecule has 0 radical (unpaired) electrons. The second-order valence-electron chi connectivity index (χ2n) is 6.54. The summed E-state index contributed by atoms with van der Waals surface area (Å²) in [5, 5.41) is 3.00. The van der Waals surface area contributed by atoms with Gasteiger partial charge in [-0.05, 0) is 66.9 Å². The SMILES string of the molecule is O=C(NCc1ccnc(N2CCCC2)c1)c1ccc(-n2cccc2)cc1. The average molecular weight is 346 g/mol. The Kier molecular flexibility index (Phi) is 4.69. The minimum absolute atomic E-state index is 0.0661. The second kappa shape index (κ2) is 7.44. The summed E-state index contributed by atoms with van der Waals surface area (Å²) in [6.07, 6.45) is 8.23. The highest BCUT2D eigenvalue weighted by Gasteiger charge is 2.14. The monoisotopic (exact) mass is 346 g/mol. The zero-order valence-electron chi connectivity index (χ0n) is 14.6. The lowest BCUT2D eigenvalue weighted by molar-refractivity contribution is 0.0951. The molecule has 1 amide bonds. The summed E-state index contributed by atoms with van der Waals surface area (Å²) < 4.78 is 2.01. The molecule has 1 aliphatic heterocycles. The van der Waals surface area contributed by atoms with Gasteiger partial charge in [-0.25, -0.2) is 4.98 Å². The summed E-state index contributed by atoms with van der Waals surface area (Å²) in [7, 11) is 0. The highest BCUT2D eigenvalue weighted by atomic mass is 16.1. The molecule has 0 saturated carbocycles. The van der Waals surface area contributed by atoms with Crippen molar-refractivity contribution in [3.63, 3.8) is 0 Å². The molecule has 3 aromatic rings. The number of benzene rings is 1. The molecule has 5 heteroatoms. The molecule has 132 valence electrons. The zero-order chi connectivity index (χ0) is 17.8. The van der Waals surface area contributed by atoms with E-state index in [1.807, 2.05) is 65.6 Å². The Bertz CT molecular complexity index is 865. The number of aromatic nitrogens is 2. The Morgan fingerprint density at radius 1 is 1.04 bits per heavy atom. The number of hydrogen-bond donors (Lipinski definition) is 1. The van der Waals surface area contributed by atoms with Gasteiger partial charge in [-0.3, -0.25) is 4.79 Å². The first-order valence-electron chi connectivity index (χ1n) is 9.01. The largest absolute Gasteiger partial charge is 0.357 e. The predicted octanol–water partition coefficient (Wildman–Crippen LogP) is 3.40. The Morgan fingerprint density at radius 2 is 1.77 bits per heavy atom.